The second-order valence-electron chi connectivity index (χ2n) is 5.61. The molecule has 130 valence electrons. The molecule has 4 rings (SSSR count). The lowest BCUT2D eigenvalue weighted by Gasteiger charge is -2.10. The lowest BCUT2D eigenvalue weighted by atomic mass is 10.1. The minimum absolute atomic E-state index is 0.162. The van der Waals surface area contributed by atoms with Gasteiger partial charge in [-0.25, -0.2) is 13.6 Å². The van der Waals surface area contributed by atoms with E-state index in [9.17, 15) is 18.7 Å². The fourth-order valence-corrected chi connectivity index (χ4v) is 3.43. The van der Waals surface area contributed by atoms with Crippen LogP contribution >= 0.6 is 11.3 Å². The Kier molecular flexibility index (Phi) is 3.96. The molecule has 0 saturated heterocycles. The highest BCUT2D eigenvalue weighted by molar-refractivity contribution is 7.09. The molecule has 3 heterocycles. The van der Waals surface area contributed by atoms with E-state index >= 15 is 0 Å². The van der Waals surface area contributed by atoms with Crippen molar-refractivity contribution in [1.29, 1.82) is 0 Å². The summed E-state index contributed by atoms with van der Waals surface area (Å²) in [5.74, 6) is -2.07. The first-order chi connectivity index (χ1) is 12.6. The van der Waals surface area contributed by atoms with Crippen LogP contribution in [0.3, 0.4) is 0 Å². The molecule has 5 nitrogen and oxygen atoms in total. The number of hydrogen-bond acceptors (Lipinski definition) is 4. The SMILES string of the molecule is O=c1c(-c2ccc(F)cc2F)c(O)[n+](Cc2cncs2)c2ccccn12. The predicted molar refractivity (Wildman–Crippen MR) is 92.1 cm³/mol. The van der Waals surface area contributed by atoms with Gasteiger partial charge in [0, 0.05) is 23.9 Å². The van der Waals surface area contributed by atoms with E-state index in [-0.39, 0.29) is 23.6 Å². The molecule has 0 amide bonds. The molecule has 4 aromatic rings. The van der Waals surface area contributed by atoms with Crippen molar-refractivity contribution in [2.45, 2.75) is 6.54 Å². The highest BCUT2D eigenvalue weighted by Crippen LogP contribution is 2.27. The Hall–Kier alpha value is -3.13. The summed E-state index contributed by atoms with van der Waals surface area (Å²) >= 11 is 1.39. The van der Waals surface area contributed by atoms with Crippen LogP contribution in [0.15, 0.2) is 59.1 Å². The van der Waals surface area contributed by atoms with Crippen molar-refractivity contribution in [3.05, 3.63) is 81.2 Å². The molecule has 0 fully saturated rings. The molecular formula is C18H12F2N3O2S+. The summed E-state index contributed by atoms with van der Waals surface area (Å²) in [5.41, 5.74) is 1.12. The highest BCUT2D eigenvalue weighted by Gasteiger charge is 2.27. The van der Waals surface area contributed by atoms with Gasteiger partial charge in [0.15, 0.2) is 5.56 Å². The minimum atomic E-state index is -0.919. The Bertz CT molecular complexity index is 1170. The third-order valence-electron chi connectivity index (χ3n) is 4.02. The quantitative estimate of drug-likeness (QED) is 0.563. The molecule has 0 unspecified atom stereocenters. The maximum Gasteiger partial charge on any atom is 0.354 e. The largest absolute Gasteiger partial charge is 0.477 e. The van der Waals surface area contributed by atoms with Crippen LogP contribution in [-0.4, -0.2) is 14.5 Å². The van der Waals surface area contributed by atoms with Gasteiger partial charge in [0.1, 0.15) is 18.2 Å². The van der Waals surface area contributed by atoms with Crippen molar-refractivity contribution in [1.82, 2.24) is 9.38 Å². The normalized spacial score (nSPS) is 11.2. The van der Waals surface area contributed by atoms with Crippen molar-refractivity contribution in [2.24, 2.45) is 0 Å². The Morgan fingerprint density at radius 1 is 1.23 bits per heavy atom. The number of aromatic nitrogens is 3. The summed E-state index contributed by atoms with van der Waals surface area (Å²) in [6, 6.07) is 7.94. The maximum atomic E-state index is 14.3. The van der Waals surface area contributed by atoms with Gasteiger partial charge in [-0.3, -0.25) is 4.98 Å². The Morgan fingerprint density at radius 2 is 2.08 bits per heavy atom. The second-order valence-corrected chi connectivity index (χ2v) is 6.58. The van der Waals surface area contributed by atoms with Gasteiger partial charge in [-0.15, -0.1) is 11.3 Å². The second kappa shape index (κ2) is 6.30. The van der Waals surface area contributed by atoms with E-state index in [0.29, 0.717) is 11.7 Å². The Morgan fingerprint density at radius 3 is 2.81 bits per heavy atom. The summed E-state index contributed by atoms with van der Waals surface area (Å²) in [4.78, 5) is 17.7. The van der Waals surface area contributed by atoms with Gasteiger partial charge in [0.25, 0.3) is 11.5 Å². The van der Waals surface area contributed by atoms with Crippen LogP contribution in [0.1, 0.15) is 4.88 Å². The van der Waals surface area contributed by atoms with Crippen molar-refractivity contribution in [3.63, 3.8) is 0 Å². The monoisotopic (exact) mass is 372 g/mol. The maximum absolute atomic E-state index is 14.3. The molecule has 0 bridgehead atoms. The fourth-order valence-electron chi connectivity index (χ4n) is 2.85. The number of fused-ring (bicyclic) bond motifs is 1. The zero-order valence-electron chi connectivity index (χ0n) is 13.3. The van der Waals surface area contributed by atoms with Gasteiger partial charge in [-0.05, 0) is 18.2 Å². The van der Waals surface area contributed by atoms with Crippen LogP contribution in [0.4, 0.5) is 8.78 Å². The lowest BCUT2D eigenvalue weighted by molar-refractivity contribution is -0.671. The third-order valence-corrected chi connectivity index (χ3v) is 4.79. The van der Waals surface area contributed by atoms with Gasteiger partial charge >= 0.3 is 5.56 Å². The van der Waals surface area contributed by atoms with Crippen LogP contribution in [0.5, 0.6) is 5.88 Å². The van der Waals surface area contributed by atoms with Crippen LogP contribution in [0, 0.1) is 11.6 Å². The third kappa shape index (κ3) is 2.64. The minimum Gasteiger partial charge on any atom is -0.477 e. The molecule has 0 aliphatic carbocycles. The first kappa shape index (κ1) is 16.3. The smallest absolute Gasteiger partial charge is 0.354 e. The molecular weight excluding hydrogens is 360 g/mol. The molecule has 3 aromatic heterocycles. The van der Waals surface area contributed by atoms with E-state index in [4.69, 9.17) is 0 Å². The number of aromatic hydroxyl groups is 1. The zero-order chi connectivity index (χ0) is 18.3. The molecule has 0 spiro atoms. The van der Waals surface area contributed by atoms with Crippen LogP contribution in [0.25, 0.3) is 16.8 Å². The van der Waals surface area contributed by atoms with E-state index in [0.717, 1.165) is 17.0 Å². The van der Waals surface area contributed by atoms with Gasteiger partial charge in [0.2, 0.25) is 0 Å². The number of rotatable bonds is 3. The van der Waals surface area contributed by atoms with Crippen LogP contribution in [0.2, 0.25) is 0 Å². The standard InChI is InChI=1S/C18H11F2N3O2S/c19-11-4-5-13(14(20)7-11)16-17(24)22-6-2-1-3-15(22)23(18(16)25)9-12-8-21-10-26-12/h1-8,10H,9H2/p+1. The molecule has 1 aromatic carbocycles. The summed E-state index contributed by atoms with van der Waals surface area (Å²) in [6.45, 7) is 0.250. The topological polar surface area (TPSA) is 58.5 Å². The summed E-state index contributed by atoms with van der Waals surface area (Å²) < 4.78 is 30.4. The molecule has 0 aliphatic rings. The summed E-state index contributed by atoms with van der Waals surface area (Å²) in [6.07, 6.45) is 3.19. The number of pyridine rings is 1. The molecule has 1 N–H and O–H groups in total. The number of thiazole rings is 1. The van der Waals surface area contributed by atoms with Gasteiger partial charge < -0.3 is 5.11 Å². The average molecular weight is 372 g/mol. The summed E-state index contributed by atoms with van der Waals surface area (Å²) in [5, 5.41) is 10.8. The Balaban J connectivity index is 2.06. The van der Waals surface area contributed by atoms with E-state index < -0.39 is 17.2 Å². The fraction of sp³-hybridized carbons (Fsp3) is 0.0556. The molecule has 8 heteroatoms. The van der Waals surface area contributed by atoms with E-state index in [1.54, 1.807) is 29.9 Å². The lowest BCUT2D eigenvalue weighted by Crippen LogP contribution is -2.41. The first-order valence-electron chi connectivity index (χ1n) is 7.65. The van der Waals surface area contributed by atoms with Crippen molar-refractivity contribution in [2.75, 3.05) is 0 Å². The zero-order valence-corrected chi connectivity index (χ0v) is 14.1. The average Bonchev–Trinajstić information content (AvgIpc) is 3.14. The van der Waals surface area contributed by atoms with Gasteiger partial charge in [-0.1, -0.05) is 6.07 Å². The van der Waals surface area contributed by atoms with Crippen molar-refractivity contribution < 1.29 is 18.5 Å². The molecule has 26 heavy (non-hydrogen) atoms. The van der Waals surface area contributed by atoms with E-state index in [2.05, 4.69) is 4.98 Å². The predicted octanol–water partition coefficient (Wildman–Crippen LogP) is 2.74. The number of nitrogens with zero attached hydrogens (tertiary/aromatic N) is 3. The number of halogens is 2. The van der Waals surface area contributed by atoms with Crippen molar-refractivity contribution >= 4 is 17.0 Å². The number of benzene rings is 1. The van der Waals surface area contributed by atoms with Gasteiger partial charge in [0.05, 0.1) is 16.6 Å². The van der Waals surface area contributed by atoms with Gasteiger partial charge in [-0.2, -0.15) is 8.97 Å². The van der Waals surface area contributed by atoms with E-state index in [1.807, 2.05) is 0 Å². The van der Waals surface area contributed by atoms with Crippen molar-refractivity contribution in [3.8, 4) is 17.0 Å². The summed E-state index contributed by atoms with van der Waals surface area (Å²) in [7, 11) is 0. The molecule has 0 radical (unpaired) electrons. The molecule has 0 saturated carbocycles. The van der Waals surface area contributed by atoms with E-state index in [1.165, 1.54) is 26.5 Å². The molecule has 0 atom stereocenters. The number of hydrogen-bond donors (Lipinski definition) is 1. The molecule has 0 aliphatic heterocycles. The van der Waals surface area contributed by atoms with Crippen LogP contribution < -0.4 is 10.1 Å². The Labute approximate surface area is 150 Å². The highest BCUT2D eigenvalue weighted by atomic mass is 32.1. The first-order valence-corrected chi connectivity index (χ1v) is 8.53. The van der Waals surface area contributed by atoms with Crippen LogP contribution in [-0.2, 0) is 6.54 Å².